The van der Waals surface area contributed by atoms with E-state index in [4.69, 9.17) is 5.11 Å². The Morgan fingerprint density at radius 3 is 2.40 bits per heavy atom. The number of hydrogen-bond donors (Lipinski definition) is 2. The van der Waals surface area contributed by atoms with Gasteiger partial charge in [0.25, 0.3) is 17.4 Å². The number of Topliss-reactive ketones (excluding diaryl/α,β-unsaturated/α-hetero) is 1. The van der Waals surface area contributed by atoms with Gasteiger partial charge in [0.1, 0.15) is 5.76 Å². The van der Waals surface area contributed by atoms with Crippen molar-refractivity contribution in [1.29, 1.82) is 0 Å². The SMILES string of the molecule is Cc1ccc(/C(O)=C2\C(=O)C(=O)N(CCC(=O)O)C2c2cccc([N+](=O)[O-])c2)cc1. The standard InChI is InChI=1S/C21H18N2O7/c1-12-5-7-13(8-6-12)19(26)17-18(14-3-2-4-15(11-14)23(29)30)22(10-9-16(24)25)21(28)20(17)27/h2-8,11,18,26H,9-10H2,1H3,(H,24,25)/b19-17+. The summed E-state index contributed by atoms with van der Waals surface area (Å²) in [6, 6.07) is 10.8. The number of aliphatic hydroxyl groups excluding tert-OH is 1. The van der Waals surface area contributed by atoms with Gasteiger partial charge in [-0.05, 0) is 12.5 Å². The number of aryl methyl sites for hydroxylation is 1. The number of hydrogen-bond acceptors (Lipinski definition) is 6. The largest absolute Gasteiger partial charge is 0.507 e. The van der Waals surface area contributed by atoms with Crippen molar-refractivity contribution < 1.29 is 29.5 Å². The summed E-state index contributed by atoms with van der Waals surface area (Å²) in [7, 11) is 0. The van der Waals surface area contributed by atoms with E-state index in [-0.39, 0.29) is 23.4 Å². The molecule has 1 saturated heterocycles. The van der Waals surface area contributed by atoms with Gasteiger partial charge in [0.05, 0.1) is 23.0 Å². The summed E-state index contributed by atoms with van der Waals surface area (Å²) in [6.45, 7) is 1.55. The van der Waals surface area contributed by atoms with E-state index >= 15 is 0 Å². The van der Waals surface area contributed by atoms with Gasteiger partial charge in [0, 0.05) is 24.2 Å². The number of non-ortho nitro benzene ring substituents is 1. The number of aliphatic carboxylic acids is 1. The molecule has 0 saturated carbocycles. The zero-order valence-corrected chi connectivity index (χ0v) is 15.9. The highest BCUT2D eigenvalue weighted by Gasteiger charge is 2.46. The monoisotopic (exact) mass is 410 g/mol. The molecule has 1 aliphatic heterocycles. The second-order valence-electron chi connectivity index (χ2n) is 6.85. The maximum absolute atomic E-state index is 12.8. The van der Waals surface area contributed by atoms with E-state index in [1.165, 1.54) is 24.3 Å². The fourth-order valence-corrected chi connectivity index (χ4v) is 3.35. The molecule has 1 aliphatic rings. The van der Waals surface area contributed by atoms with E-state index in [1.807, 2.05) is 6.92 Å². The summed E-state index contributed by atoms with van der Waals surface area (Å²) in [6.07, 6.45) is -0.428. The Bertz CT molecular complexity index is 1070. The van der Waals surface area contributed by atoms with Crippen molar-refractivity contribution in [2.24, 2.45) is 0 Å². The van der Waals surface area contributed by atoms with E-state index in [9.17, 15) is 29.6 Å². The molecule has 2 aromatic rings. The van der Waals surface area contributed by atoms with Gasteiger partial charge in [-0.3, -0.25) is 24.5 Å². The highest BCUT2D eigenvalue weighted by molar-refractivity contribution is 6.46. The predicted molar refractivity (Wildman–Crippen MR) is 106 cm³/mol. The summed E-state index contributed by atoms with van der Waals surface area (Å²) in [4.78, 5) is 48.0. The van der Waals surface area contributed by atoms with Crippen molar-refractivity contribution in [2.75, 3.05) is 6.54 Å². The number of carboxylic acids is 1. The highest BCUT2D eigenvalue weighted by atomic mass is 16.6. The molecule has 1 atom stereocenters. The Kier molecular flexibility index (Phi) is 5.63. The van der Waals surface area contributed by atoms with Crippen LogP contribution in [-0.4, -0.2) is 44.2 Å². The topological polar surface area (TPSA) is 138 Å². The van der Waals surface area contributed by atoms with Crippen LogP contribution in [-0.2, 0) is 14.4 Å². The molecule has 2 aromatic carbocycles. The summed E-state index contributed by atoms with van der Waals surface area (Å²) >= 11 is 0. The zero-order chi connectivity index (χ0) is 22.0. The average molecular weight is 410 g/mol. The molecule has 1 amide bonds. The van der Waals surface area contributed by atoms with Gasteiger partial charge in [0.2, 0.25) is 0 Å². The number of nitrogens with zero attached hydrogens (tertiary/aromatic N) is 2. The van der Waals surface area contributed by atoms with Gasteiger partial charge < -0.3 is 15.1 Å². The molecular weight excluding hydrogens is 392 g/mol. The van der Waals surface area contributed by atoms with Crippen LogP contribution in [0.4, 0.5) is 5.69 Å². The maximum Gasteiger partial charge on any atom is 0.305 e. The van der Waals surface area contributed by atoms with Crippen LogP contribution in [0.3, 0.4) is 0 Å². The Balaban J connectivity index is 2.19. The average Bonchev–Trinajstić information content (AvgIpc) is 2.97. The molecule has 9 nitrogen and oxygen atoms in total. The molecule has 0 radical (unpaired) electrons. The van der Waals surface area contributed by atoms with Crippen LogP contribution in [0.15, 0.2) is 54.1 Å². The minimum Gasteiger partial charge on any atom is -0.507 e. The fourth-order valence-electron chi connectivity index (χ4n) is 3.35. The second kappa shape index (κ2) is 8.16. The minimum atomic E-state index is -1.17. The van der Waals surface area contributed by atoms with E-state index in [2.05, 4.69) is 0 Å². The number of carbonyl (C=O) groups is 3. The zero-order valence-electron chi connectivity index (χ0n) is 15.9. The molecule has 2 N–H and O–H groups in total. The number of likely N-dealkylation sites (tertiary alicyclic amines) is 1. The van der Waals surface area contributed by atoms with E-state index in [0.717, 1.165) is 10.5 Å². The fraction of sp³-hybridized carbons (Fsp3) is 0.190. The number of nitro benzene ring substituents is 1. The molecule has 1 fully saturated rings. The van der Waals surface area contributed by atoms with Gasteiger partial charge in [0.15, 0.2) is 0 Å². The molecular formula is C21H18N2O7. The third-order valence-electron chi connectivity index (χ3n) is 4.83. The summed E-state index contributed by atoms with van der Waals surface area (Å²) < 4.78 is 0. The Morgan fingerprint density at radius 1 is 1.13 bits per heavy atom. The van der Waals surface area contributed by atoms with Crippen LogP contribution < -0.4 is 0 Å². The number of aliphatic hydroxyl groups is 1. The lowest BCUT2D eigenvalue weighted by atomic mass is 9.94. The first-order valence-corrected chi connectivity index (χ1v) is 9.02. The molecule has 1 heterocycles. The normalized spacial score (nSPS) is 17.9. The molecule has 0 aliphatic carbocycles. The van der Waals surface area contributed by atoms with Crippen LogP contribution in [0.25, 0.3) is 5.76 Å². The number of rotatable bonds is 6. The van der Waals surface area contributed by atoms with Crippen LogP contribution in [0.1, 0.15) is 29.2 Å². The van der Waals surface area contributed by atoms with Gasteiger partial charge >= 0.3 is 5.97 Å². The first kappa shape index (κ1) is 20.7. The Hall–Kier alpha value is -4.01. The van der Waals surface area contributed by atoms with Crippen molar-refractivity contribution in [2.45, 2.75) is 19.4 Å². The first-order chi connectivity index (χ1) is 14.2. The smallest absolute Gasteiger partial charge is 0.305 e. The van der Waals surface area contributed by atoms with Crippen molar-refractivity contribution >= 4 is 29.1 Å². The van der Waals surface area contributed by atoms with E-state index in [0.29, 0.717) is 5.56 Å². The molecule has 0 aromatic heterocycles. The maximum atomic E-state index is 12.8. The van der Waals surface area contributed by atoms with Gasteiger partial charge in [-0.15, -0.1) is 0 Å². The molecule has 1 unspecified atom stereocenters. The van der Waals surface area contributed by atoms with Crippen molar-refractivity contribution in [3.63, 3.8) is 0 Å². The molecule has 0 spiro atoms. The quantitative estimate of drug-likeness (QED) is 0.245. The van der Waals surface area contributed by atoms with E-state index in [1.54, 1.807) is 24.3 Å². The molecule has 0 bridgehead atoms. The second-order valence-corrected chi connectivity index (χ2v) is 6.85. The van der Waals surface area contributed by atoms with Crippen LogP contribution >= 0.6 is 0 Å². The van der Waals surface area contributed by atoms with Gasteiger partial charge in [-0.1, -0.05) is 42.0 Å². The summed E-state index contributed by atoms with van der Waals surface area (Å²) in [5, 5.41) is 31.0. The van der Waals surface area contributed by atoms with Crippen LogP contribution in [0, 0.1) is 17.0 Å². The van der Waals surface area contributed by atoms with Gasteiger partial charge in [-0.2, -0.15) is 0 Å². The lowest BCUT2D eigenvalue weighted by molar-refractivity contribution is -0.384. The third kappa shape index (κ3) is 3.90. The van der Waals surface area contributed by atoms with Crippen LogP contribution in [0.2, 0.25) is 0 Å². The summed E-state index contributed by atoms with van der Waals surface area (Å²) in [5.41, 5.74) is 0.944. The third-order valence-corrected chi connectivity index (χ3v) is 4.83. The molecule has 154 valence electrons. The molecule has 9 heteroatoms. The number of nitro groups is 1. The lowest BCUT2D eigenvalue weighted by Gasteiger charge is -2.24. The van der Waals surface area contributed by atoms with Gasteiger partial charge in [-0.25, -0.2) is 0 Å². The number of ketones is 1. The Morgan fingerprint density at radius 2 is 1.80 bits per heavy atom. The first-order valence-electron chi connectivity index (χ1n) is 9.02. The molecule has 30 heavy (non-hydrogen) atoms. The van der Waals surface area contributed by atoms with Crippen LogP contribution in [0.5, 0.6) is 0 Å². The minimum absolute atomic E-state index is 0.224. The number of benzene rings is 2. The van der Waals surface area contributed by atoms with E-state index < -0.39 is 40.8 Å². The number of carbonyl (C=O) groups excluding carboxylic acids is 2. The lowest BCUT2D eigenvalue weighted by Crippen LogP contribution is -2.31. The number of carboxylic acid groups (broad SMARTS) is 1. The van der Waals surface area contributed by atoms with Crippen molar-refractivity contribution in [3.8, 4) is 0 Å². The Labute approximate surface area is 171 Å². The van der Waals surface area contributed by atoms with Crippen molar-refractivity contribution in [1.82, 2.24) is 4.90 Å². The number of amides is 1. The highest BCUT2D eigenvalue weighted by Crippen LogP contribution is 2.40. The van der Waals surface area contributed by atoms with Crippen molar-refractivity contribution in [3.05, 3.63) is 80.9 Å². The predicted octanol–water partition coefficient (Wildman–Crippen LogP) is 2.80. The summed E-state index contributed by atoms with van der Waals surface area (Å²) in [5.74, 6) is -3.55. The molecule has 3 rings (SSSR count).